The standard InChI is InChI=1S/C17H20N2O3S/c1-10-12-8-11(22-3)4-5-13(12)23-14(10)15(20)19-7-6-17(2,9-19)16(18)21/h4-5,8H,6-7,9H2,1-3H3,(H2,18,21)/t17-/m1/s1. The van der Waals surface area contributed by atoms with Crippen LogP contribution in [0.25, 0.3) is 10.1 Å². The van der Waals surface area contributed by atoms with Crippen molar-refractivity contribution >= 4 is 33.2 Å². The summed E-state index contributed by atoms with van der Waals surface area (Å²) in [5.41, 5.74) is 5.81. The lowest BCUT2D eigenvalue weighted by Gasteiger charge is -2.20. The summed E-state index contributed by atoms with van der Waals surface area (Å²) < 4.78 is 6.32. The quantitative estimate of drug-likeness (QED) is 0.939. The average molecular weight is 332 g/mol. The van der Waals surface area contributed by atoms with Gasteiger partial charge in [-0.25, -0.2) is 0 Å². The molecule has 1 aliphatic rings. The van der Waals surface area contributed by atoms with Crippen LogP contribution < -0.4 is 10.5 Å². The Labute approximate surface area is 139 Å². The maximum absolute atomic E-state index is 12.9. The summed E-state index contributed by atoms with van der Waals surface area (Å²) in [6.45, 7) is 4.73. The lowest BCUT2D eigenvalue weighted by molar-refractivity contribution is -0.126. The van der Waals surface area contributed by atoms with E-state index < -0.39 is 5.41 Å². The predicted octanol–water partition coefficient (Wildman–Crippen LogP) is 2.56. The maximum Gasteiger partial charge on any atom is 0.264 e. The molecule has 2 heterocycles. The Morgan fingerprint density at radius 2 is 2.13 bits per heavy atom. The Kier molecular flexibility index (Phi) is 3.80. The van der Waals surface area contributed by atoms with Gasteiger partial charge in [0.2, 0.25) is 5.91 Å². The van der Waals surface area contributed by atoms with Gasteiger partial charge < -0.3 is 15.4 Å². The number of nitrogens with two attached hydrogens (primary N) is 1. The monoisotopic (exact) mass is 332 g/mol. The lowest BCUT2D eigenvalue weighted by Crippen LogP contribution is -2.38. The van der Waals surface area contributed by atoms with Crippen molar-refractivity contribution in [2.24, 2.45) is 11.1 Å². The van der Waals surface area contributed by atoms with Gasteiger partial charge in [0.25, 0.3) is 5.91 Å². The van der Waals surface area contributed by atoms with Crippen LogP contribution in [0.2, 0.25) is 0 Å². The number of carbonyl (C=O) groups is 2. The SMILES string of the molecule is COc1ccc2sc(C(=O)N3CC[C@@](C)(C(N)=O)C3)c(C)c2c1. The molecule has 1 fully saturated rings. The van der Waals surface area contributed by atoms with Gasteiger partial charge in [0, 0.05) is 17.8 Å². The van der Waals surface area contributed by atoms with E-state index in [0.717, 1.165) is 26.3 Å². The number of rotatable bonds is 3. The van der Waals surface area contributed by atoms with E-state index in [2.05, 4.69) is 0 Å². The third-order valence-electron chi connectivity index (χ3n) is 4.69. The molecule has 0 aliphatic carbocycles. The van der Waals surface area contributed by atoms with Gasteiger partial charge in [0.1, 0.15) is 5.75 Å². The van der Waals surface area contributed by atoms with Crippen LogP contribution >= 0.6 is 11.3 Å². The molecule has 1 aliphatic heterocycles. The smallest absolute Gasteiger partial charge is 0.264 e. The Morgan fingerprint density at radius 1 is 1.39 bits per heavy atom. The van der Waals surface area contributed by atoms with E-state index in [1.807, 2.05) is 32.0 Å². The number of methoxy groups -OCH3 is 1. The zero-order chi connectivity index (χ0) is 16.8. The van der Waals surface area contributed by atoms with Crippen molar-refractivity contribution in [1.29, 1.82) is 0 Å². The molecule has 2 amide bonds. The fourth-order valence-electron chi connectivity index (χ4n) is 3.01. The van der Waals surface area contributed by atoms with E-state index in [-0.39, 0.29) is 11.8 Å². The van der Waals surface area contributed by atoms with Gasteiger partial charge in [-0.15, -0.1) is 11.3 Å². The summed E-state index contributed by atoms with van der Waals surface area (Å²) in [4.78, 5) is 26.9. The number of fused-ring (bicyclic) bond motifs is 1. The first kappa shape index (κ1) is 15.8. The first-order valence-electron chi connectivity index (χ1n) is 7.52. The fourth-order valence-corrected chi connectivity index (χ4v) is 4.17. The second-order valence-electron chi connectivity index (χ2n) is 6.32. The highest BCUT2D eigenvalue weighted by Crippen LogP contribution is 2.36. The van der Waals surface area contributed by atoms with E-state index in [1.165, 1.54) is 11.3 Å². The molecule has 0 bridgehead atoms. The zero-order valence-corrected chi connectivity index (χ0v) is 14.3. The number of primary amides is 1. The van der Waals surface area contributed by atoms with E-state index in [4.69, 9.17) is 10.5 Å². The Morgan fingerprint density at radius 3 is 2.74 bits per heavy atom. The summed E-state index contributed by atoms with van der Waals surface area (Å²) in [6, 6.07) is 5.82. The number of thiophene rings is 1. The summed E-state index contributed by atoms with van der Waals surface area (Å²) >= 11 is 1.48. The van der Waals surface area contributed by atoms with Crippen LogP contribution in [0.5, 0.6) is 5.75 Å². The highest BCUT2D eigenvalue weighted by Gasteiger charge is 2.41. The van der Waals surface area contributed by atoms with Crippen molar-refractivity contribution in [1.82, 2.24) is 4.90 Å². The number of hydrogen-bond donors (Lipinski definition) is 1. The van der Waals surface area contributed by atoms with Crippen LogP contribution in [-0.4, -0.2) is 36.9 Å². The van der Waals surface area contributed by atoms with E-state index in [0.29, 0.717) is 19.5 Å². The summed E-state index contributed by atoms with van der Waals surface area (Å²) in [5.74, 6) is 0.415. The second-order valence-corrected chi connectivity index (χ2v) is 7.37. The van der Waals surface area contributed by atoms with Crippen LogP contribution in [-0.2, 0) is 4.79 Å². The summed E-state index contributed by atoms with van der Waals surface area (Å²) in [5, 5.41) is 1.04. The number of amides is 2. The highest BCUT2D eigenvalue weighted by molar-refractivity contribution is 7.21. The van der Waals surface area contributed by atoms with Crippen LogP contribution in [0.4, 0.5) is 0 Å². The molecular formula is C17H20N2O3S. The van der Waals surface area contributed by atoms with Gasteiger partial charge in [-0.2, -0.15) is 0 Å². The minimum Gasteiger partial charge on any atom is -0.497 e. The topological polar surface area (TPSA) is 72.6 Å². The number of nitrogens with zero attached hydrogens (tertiary/aromatic N) is 1. The minimum absolute atomic E-state index is 0.0207. The van der Waals surface area contributed by atoms with E-state index in [9.17, 15) is 9.59 Å². The van der Waals surface area contributed by atoms with Crippen molar-refractivity contribution in [2.75, 3.05) is 20.2 Å². The molecule has 3 rings (SSSR count). The first-order chi connectivity index (χ1) is 10.9. The molecule has 5 nitrogen and oxygen atoms in total. The number of carbonyl (C=O) groups excluding carboxylic acids is 2. The van der Waals surface area contributed by atoms with Crippen LogP contribution in [0, 0.1) is 12.3 Å². The molecule has 0 saturated carbocycles. The van der Waals surface area contributed by atoms with Gasteiger partial charge in [-0.1, -0.05) is 0 Å². The minimum atomic E-state index is -0.622. The highest BCUT2D eigenvalue weighted by atomic mass is 32.1. The zero-order valence-electron chi connectivity index (χ0n) is 13.5. The van der Waals surface area contributed by atoms with Gasteiger partial charge in [0.15, 0.2) is 0 Å². The van der Waals surface area contributed by atoms with Crippen molar-refractivity contribution in [3.8, 4) is 5.75 Å². The van der Waals surface area contributed by atoms with Gasteiger partial charge in [-0.3, -0.25) is 9.59 Å². The Bertz CT molecular complexity index is 798. The predicted molar refractivity (Wildman–Crippen MR) is 90.9 cm³/mol. The third-order valence-corrected chi connectivity index (χ3v) is 5.95. The molecule has 23 heavy (non-hydrogen) atoms. The number of ether oxygens (including phenoxy) is 1. The average Bonchev–Trinajstić information content (AvgIpc) is 3.09. The maximum atomic E-state index is 12.9. The number of aryl methyl sites for hydroxylation is 1. The first-order valence-corrected chi connectivity index (χ1v) is 8.34. The van der Waals surface area contributed by atoms with Crippen molar-refractivity contribution in [2.45, 2.75) is 20.3 Å². The van der Waals surface area contributed by atoms with Crippen LogP contribution in [0.1, 0.15) is 28.6 Å². The molecule has 122 valence electrons. The van der Waals surface area contributed by atoms with Gasteiger partial charge in [-0.05, 0) is 49.4 Å². The largest absolute Gasteiger partial charge is 0.497 e. The molecular weight excluding hydrogens is 312 g/mol. The second kappa shape index (κ2) is 5.53. The lowest BCUT2D eigenvalue weighted by atomic mass is 9.89. The molecule has 1 saturated heterocycles. The van der Waals surface area contributed by atoms with E-state index >= 15 is 0 Å². The molecule has 1 aromatic carbocycles. The Balaban J connectivity index is 1.93. The van der Waals surface area contributed by atoms with Gasteiger partial charge >= 0.3 is 0 Å². The normalized spacial score (nSPS) is 20.9. The fraction of sp³-hybridized carbons (Fsp3) is 0.412. The molecule has 2 aromatic rings. The molecule has 0 unspecified atom stereocenters. The van der Waals surface area contributed by atoms with Gasteiger partial charge in [0.05, 0.1) is 17.4 Å². The van der Waals surface area contributed by atoms with Crippen molar-refractivity contribution in [3.63, 3.8) is 0 Å². The summed E-state index contributed by atoms with van der Waals surface area (Å²) in [7, 11) is 1.63. The van der Waals surface area contributed by atoms with Crippen molar-refractivity contribution in [3.05, 3.63) is 28.6 Å². The van der Waals surface area contributed by atoms with Crippen LogP contribution in [0.3, 0.4) is 0 Å². The molecule has 6 heteroatoms. The van der Waals surface area contributed by atoms with Crippen LogP contribution in [0.15, 0.2) is 18.2 Å². The third kappa shape index (κ3) is 2.57. The summed E-state index contributed by atoms with van der Waals surface area (Å²) in [6.07, 6.45) is 0.617. The molecule has 2 N–H and O–H groups in total. The van der Waals surface area contributed by atoms with E-state index in [1.54, 1.807) is 12.0 Å². The van der Waals surface area contributed by atoms with Crippen molar-refractivity contribution < 1.29 is 14.3 Å². The Hall–Kier alpha value is -2.08. The molecule has 1 atom stereocenters. The number of benzene rings is 1. The number of likely N-dealkylation sites (tertiary alicyclic amines) is 1. The molecule has 0 radical (unpaired) electrons. The molecule has 1 aromatic heterocycles. The number of hydrogen-bond acceptors (Lipinski definition) is 4. The molecule has 0 spiro atoms.